The van der Waals surface area contributed by atoms with Crippen LogP contribution in [0, 0.1) is 0 Å². The van der Waals surface area contributed by atoms with E-state index in [2.05, 4.69) is 22.4 Å². The minimum atomic E-state index is 0.775. The van der Waals surface area contributed by atoms with Gasteiger partial charge >= 0.3 is 0 Å². The van der Waals surface area contributed by atoms with Crippen LogP contribution < -0.4 is 5.32 Å². The summed E-state index contributed by atoms with van der Waals surface area (Å²) in [5, 5.41) is 7.06. The first-order valence-electron chi connectivity index (χ1n) is 4.96. The zero-order chi connectivity index (χ0) is 10.5. The predicted molar refractivity (Wildman–Crippen MR) is 57.1 cm³/mol. The fraction of sp³-hybridized carbons (Fsp3) is 0.273. The van der Waals surface area contributed by atoms with Gasteiger partial charge in [-0.1, -0.05) is 12.1 Å². The smallest absolute Gasteiger partial charge is 0.171 e. The van der Waals surface area contributed by atoms with Crippen LogP contribution in [0.15, 0.2) is 35.2 Å². The first-order valence-corrected chi connectivity index (χ1v) is 4.96. The molecule has 4 heteroatoms. The molecule has 0 bridgehead atoms. The number of rotatable bonds is 4. The fourth-order valence-corrected chi connectivity index (χ4v) is 1.39. The van der Waals surface area contributed by atoms with Gasteiger partial charge in [-0.3, -0.25) is 4.98 Å². The molecule has 15 heavy (non-hydrogen) atoms. The Balaban J connectivity index is 2.25. The highest BCUT2D eigenvalue weighted by Gasteiger charge is 2.09. The minimum Gasteiger partial charge on any atom is -0.356 e. The highest BCUT2D eigenvalue weighted by molar-refractivity contribution is 5.59. The average molecular weight is 203 g/mol. The van der Waals surface area contributed by atoms with Gasteiger partial charge in [-0.05, 0) is 18.7 Å². The molecule has 2 aromatic rings. The molecule has 0 aliphatic rings. The lowest BCUT2D eigenvalue weighted by molar-refractivity contribution is 0.431. The Morgan fingerprint density at radius 2 is 2.13 bits per heavy atom. The van der Waals surface area contributed by atoms with Gasteiger partial charge in [-0.25, -0.2) is 0 Å². The third-order valence-corrected chi connectivity index (χ3v) is 2.15. The van der Waals surface area contributed by atoms with Gasteiger partial charge < -0.3 is 9.84 Å². The monoisotopic (exact) mass is 203 g/mol. The van der Waals surface area contributed by atoms with Crippen molar-refractivity contribution in [1.29, 1.82) is 0 Å². The molecule has 2 rings (SSSR count). The molecule has 2 aromatic heterocycles. The summed E-state index contributed by atoms with van der Waals surface area (Å²) in [4.78, 5) is 3.97. The van der Waals surface area contributed by atoms with E-state index in [1.54, 1.807) is 18.6 Å². The SMILES string of the molecule is CCNCc1cnoc1-c1ccncc1. The standard InChI is InChI=1S/C11H13N3O/c1-2-12-7-10-8-14-15-11(10)9-3-5-13-6-4-9/h3-6,8,12H,2,7H2,1H3. The molecule has 78 valence electrons. The van der Waals surface area contributed by atoms with Crippen molar-refractivity contribution in [1.82, 2.24) is 15.5 Å². The maximum Gasteiger partial charge on any atom is 0.171 e. The summed E-state index contributed by atoms with van der Waals surface area (Å²) in [5.41, 5.74) is 2.08. The second-order valence-corrected chi connectivity index (χ2v) is 3.20. The second-order valence-electron chi connectivity index (χ2n) is 3.20. The van der Waals surface area contributed by atoms with Crippen molar-refractivity contribution >= 4 is 0 Å². The second kappa shape index (κ2) is 4.70. The molecule has 0 fully saturated rings. The molecule has 0 spiro atoms. The lowest BCUT2D eigenvalue weighted by Gasteiger charge is -2.00. The van der Waals surface area contributed by atoms with Crippen molar-refractivity contribution in [2.45, 2.75) is 13.5 Å². The molecule has 0 atom stereocenters. The van der Waals surface area contributed by atoms with Gasteiger partial charge in [-0.2, -0.15) is 0 Å². The molecule has 0 unspecified atom stereocenters. The molecule has 0 saturated heterocycles. The quantitative estimate of drug-likeness (QED) is 0.823. The van der Waals surface area contributed by atoms with Crippen molar-refractivity contribution < 1.29 is 4.52 Å². The van der Waals surface area contributed by atoms with Crippen LogP contribution in [-0.4, -0.2) is 16.7 Å². The highest BCUT2D eigenvalue weighted by atomic mass is 16.5. The molecule has 0 aliphatic heterocycles. The van der Waals surface area contributed by atoms with Gasteiger partial charge in [0.25, 0.3) is 0 Å². The molecule has 0 amide bonds. The van der Waals surface area contributed by atoms with E-state index in [-0.39, 0.29) is 0 Å². The zero-order valence-corrected chi connectivity index (χ0v) is 8.60. The zero-order valence-electron chi connectivity index (χ0n) is 8.60. The van der Waals surface area contributed by atoms with Crippen molar-refractivity contribution in [2.24, 2.45) is 0 Å². The largest absolute Gasteiger partial charge is 0.356 e. The summed E-state index contributed by atoms with van der Waals surface area (Å²) in [5.74, 6) is 0.818. The number of hydrogen-bond donors (Lipinski definition) is 1. The third-order valence-electron chi connectivity index (χ3n) is 2.15. The Morgan fingerprint density at radius 3 is 2.87 bits per heavy atom. The summed E-state index contributed by atoms with van der Waals surface area (Å²) in [6.45, 7) is 3.78. The molecule has 2 heterocycles. The summed E-state index contributed by atoms with van der Waals surface area (Å²) in [6.07, 6.45) is 5.24. The summed E-state index contributed by atoms with van der Waals surface area (Å²) in [6, 6.07) is 3.83. The maximum absolute atomic E-state index is 5.23. The first kappa shape index (κ1) is 9.86. The number of nitrogens with one attached hydrogen (secondary N) is 1. The van der Waals surface area contributed by atoms with E-state index in [1.807, 2.05) is 12.1 Å². The predicted octanol–water partition coefficient (Wildman–Crippen LogP) is 1.85. The van der Waals surface area contributed by atoms with Crippen LogP contribution in [0.25, 0.3) is 11.3 Å². The van der Waals surface area contributed by atoms with Crippen molar-refractivity contribution in [2.75, 3.05) is 6.54 Å². The van der Waals surface area contributed by atoms with E-state index in [1.165, 1.54) is 0 Å². The topological polar surface area (TPSA) is 51.0 Å². The Morgan fingerprint density at radius 1 is 1.33 bits per heavy atom. The Kier molecular flexibility index (Phi) is 3.09. The molecule has 0 radical (unpaired) electrons. The highest BCUT2D eigenvalue weighted by Crippen LogP contribution is 2.22. The van der Waals surface area contributed by atoms with Gasteiger partial charge in [-0.15, -0.1) is 0 Å². The lowest BCUT2D eigenvalue weighted by Crippen LogP contribution is -2.11. The van der Waals surface area contributed by atoms with Crippen LogP contribution in [0.5, 0.6) is 0 Å². The van der Waals surface area contributed by atoms with Crippen LogP contribution in [-0.2, 0) is 6.54 Å². The Hall–Kier alpha value is -1.68. The number of hydrogen-bond acceptors (Lipinski definition) is 4. The van der Waals surface area contributed by atoms with E-state index in [0.717, 1.165) is 30.0 Å². The van der Waals surface area contributed by atoms with E-state index in [4.69, 9.17) is 4.52 Å². The fourth-order valence-electron chi connectivity index (χ4n) is 1.39. The number of pyridine rings is 1. The van der Waals surface area contributed by atoms with Crippen molar-refractivity contribution in [3.8, 4) is 11.3 Å². The van der Waals surface area contributed by atoms with Gasteiger partial charge in [0.1, 0.15) is 0 Å². The van der Waals surface area contributed by atoms with Crippen LogP contribution in [0.2, 0.25) is 0 Å². The van der Waals surface area contributed by atoms with Crippen molar-refractivity contribution in [3.63, 3.8) is 0 Å². The van der Waals surface area contributed by atoms with Gasteiger partial charge in [0.15, 0.2) is 5.76 Å². The lowest BCUT2D eigenvalue weighted by atomic mass is 10.1. The normalized spacial score (nSPS) is 10.5. The average Bonchev–Trinajstić information content (AvgIpc) is 2.75. The van der Waals surface area contributed by atoms with Crippen molar-refractivity contribution in [3.05, 3.63) is 36.3 Å². The molecule has 1 N–H and O–H groups in total. The maximum atomic E-state index is 5.23. The Bertz CT molecular complexity index is 411. The van der Waals surface area contributed by atoms with Crippen LogP contribution in [0.1, 0.15) is 12.5 Å². The molecular weight excluding hydrogens is 190 g/mol. The summed E-state index contributed by atoms with van der Waals surface area (Å²) >= 11 is 0. The van der Waals surface area contributed by atoms with E-state index in [0.29, 0.717) is 0 Å². The molecule has 4 nitrogen and oxygen atoms in total. The number of nitrogens with zero attached hydrogens (tertiary/aromatic N) is 2. The number of aromatic nitrogens is 2. The van der Waals surface area contributed by atoms with Crippen LogP contribution >= 0.6 is 0 Å². The van der Waals surface area contributed by atoms with E-state index in [9.17, 15) is 0 Å². The molecule has 0 aromatic carbocycles. The van der Waals surface area contributed by atoms with Crippen LogP contribution in [0.4, 0.5) is 0 Å². The summed E-state index contributed by atoms with van der Waals surface area (Å²) in [7, 11) is 0. The molecular formula is C11H13N3O. The summed E-state index contributed by atoms with van der Waals surface area (Å²) < 4.78 is 5.23. The first-order chi connectivity index (χ1) is 7.42. The van der Waals surface area contributed by atoms with E-state index < -0.39 is 0 Å². The van der Waals surface area contributed by atoms with E-state index >= 15 is 0 Å². The van der Waals surface area contributed by atoms with Gasteiger partial charge in [0.05, 0.1) is 6.20 Å². The van der Waals surface area contributed by atoms with Gasteiger partial charge in [0, 0.05) is 30.1 Å². The van der Waals surface area contributed by atoms with Gasteiger partial charge in [0.2, 0.25) is 0 Å². The van der Waals surface area contributed by atoms with Crippen LogP contribution in [0.3, 0.4) is 0 Å². The minimum absolute atomic E-state index is 0.775. The molecule has 0 saturated carbocycles. The Labute approximate surface area is 88.3 Å². The third kappa shape index (κ3) is 2.22. The molecule has 0 aliphatic carbocycles.